The van der Waals surface area contributed by atoms with E-state index in [2.05, 4.69) is 15.1 Å². The Kier molecular flexibility index (Phi) is 6.36. The lowest BCUT2D eigenvalue weighted by Gasteiger charge is -2.35. The quantitative estimate of drug-likeness (QED) is 0.841. The van der Waals surface area contributed by atoms with Crippen LogP contribution < -0.4 is 15.0 Å². The molecule has 1 aliphatic heterocycles. The summed E-state index contributed by atoms with van der Waals surface area (Å²) >= 11 is 5.95. The molecule has 1 saturated heterocycles. The van der Waals surface area contributed by atoms with Gasteiger partial charge in [0.25, 0.3) is 0 Å². The zero-order valence-corrected chi connectivity index (χ0v) is 15.7. The van der Waals surface area contributed by atoms with Gasteiger partial charge in [0.15, 0.2) is 0 Å². The SMILES string of the molecule is CCOc1ccccc1NC(=O)CN1CCN(c2ccc(Cl)cc2)CC1. The van der Waals surface area contributed by atoms with Crippen molar-refractivity contribution < 1.29 is 9.53 Å². The molecule has 1 aliphatic rings. The summed E-state index contributed by atoms with van der Waals surface area (Å²) in [6.07, 6.45) is 0. The number of benzene rings is 2. The van der Waals surface area contributed by atoms with Crippen molar-refractivity contribution in [2.45, 2.75) is 6.92 Å². The number of carbonyl (C=O) groups is 1. The van der Waals surface area contributed by atoms with Crippen LogP contribution in [0.3, 0.4) is 0 Å². The molecule has 0 saturated carbocycles. The van der Waals surface area contributed by atoms with Crippen molar-refractivity contribution >= 4 is 28.9 Å². The smallest absolute Gasteiger partial charge is 0.238 e. The number of para-hydroxylation sites is 2. The van der Waals surface area contributed by atoms with Gasteiger partial charge in [-0.3, -0.25) is 9.69 Å². The number of amides is 1. The molecule has 0 aliphatic carbocycles. The number of carbonyl (C=O) groups excluding carboxylic acids is 1. The van der Waals surface area contributed by atoms with Gasteiger partial charge in [0.05, 0.1) is 18.8 Å². The Morgan fingerprint density at radius 2 is 1.77 bits per heavy atom. The second-order valence-electron chi connectivity index (χ2n) is 6.22. The molecule has 1 fully saturated rings. The number of nitrogens with one attached hydrogen (secondary N) is 1. The van der Waals surface area contributed by atoms with Crippen molar-refractivity contribution in [2.24, 2.45) is 0 Å². The zero-order valence-electron chi connectivity index (χ0n) is 15.0. The Bertz CT molecular complexity index is 728. The van der Waals surface area contributed by atoms with E-state index in [1.54, 1.807) is 0 Å². The van der Waals surface area contributed by atoms with Crippen LogP contribution in [-0.4, -0.2) is 50.1 Å². The third kappa shape index (κ3) is 4.90. The van der Waals surface area contributed by atoms with Gasteiger partial charge in [0.2, 0.25) is 5.91 Å². The van der Waals surface area contributed by atoms with E-state index in [0.29, 0.717) is 18.9 Å². The van der Waals surface area contributed by atoms with E-state index in [0.717, 1.165) is 36.9 Å². The van der Waals surface area contributed by atoms with Crippen LogP contribution in [-0.2, 0) is 4.79 Å². The summed E-state index contributed by atoms with van der Waals surface area (Å²) in [5, 5.41) is 3.70. The molecule has 0 atom stereocenters. The van der Waals surface area contributed by atoms with Crippen molar-refractivity contribution in [3.8, 4) is 5.75 Å². The first-order valence-electron chi connectivity index (χ1n) is 8.90. The van der Waals surface area contributed by atoms with E-state index < -0.39 is 0 Å². The van der Waals surface area contributed by atoms with Crippen molar-refractivity contribution in [3.05, 3.63) is 53.6 Å². The van der Waals surface area contributed by atoms with Crippen LogP contribution in [0.1, 0.15) is 6.92 Å². The van der Waals surface area contributed by atoms with E-state index in [4.69, 9.17) is 16.3 Å². The number of anilines is 2. The number of hydrogen-bond donors (Lipinski definition) is 1. The van der Waals surface area contributed by atoms with Gasteiger partial charge in [-0.05, 0) is 43.3 Å². The minimum absolute atomic E-state index is 0.0166. The van der Waals surface area contributed by atoms with Crippen LogP contribution >= 0.6 is 11.6 Å². The molecule has 5 nitrogen and oxygen atoms in total. The van der Waals surface area contributed by atoms with Crippen molar-refractivity contribution in [1.29, 1.82) is 0 Å². The van der Waals surface area contributed by atoms with Gasteiger partial charge in [-0.2, -0.15) is 0 Å². The lowest BCUT2D eigenvalue weighted by Crippen LogP contribution is -2.48. The summed E-state index contributed by atoms with van der Waals surface area (Å²) in [6, 6.07) is 15.4. The third-order valence-electron chi connectivity index (χ3n) is 4.39. The fourth-order valence-electron chi connectivity index (χ4n) is 3.06. The maximum Gasteiger partial charge on any atom is 0.238 e. The molecule has 0 aromatic heterocycles. The molecule has 0 radical (unpaired) electrons. The van der Waals surface area contributed by atoms with Gasteiger partial charge >= 0.3 is 0 Å². The predicted molar refractivity (Wildman–Crippen MR) is 106 cm³/mol. The standard InChI is InChI=1S/C20H24ClN3O2/c1-2-26-19-6-4-3-5-18(19)22-20(25)15-23-11-13-24(14-12-23)17-9-7-16(21)8-10-17/h3-10H,2,11-15H2,1H3,(H,22,25). The minimum atomic E-state index is -0.0166. The summed E-state index contributed by atoms with van der Waals surface area (Å²) in [7, 11) is 0. The largest absolute Gasteiger partial charge is 0.492 e. The maximum atomic E-state index is 12.4. The van der Waals surface area contributed by atoms with Crippen molar-refractivity contribution in [3.63, 3.8) is 0 Å². The topological polar surface area (TPSA) is 44.8 Å². The summed E-state index contributed by atoms with van der Waals surface area (Å²) < 4.78 is 5.55. The summed E-state index contributed by atoms with van der Waals surface area (Å²) in [5.74, 6) is 0.688. The molecule has 1 N–H and O–H groups in total. The van der Waals surface area contributed by atoms with Gasteiger partial charge in [0, 0.05) is 36.9 Å². The van der Waals surface area contributed by atoms with E-state index >= 15 is 0 Å². The number of nitrogens with zero attached hydrogens (tertiary/aromatic N) is 2. The van der Waals surface area contributed by atoms with Gasteiger partial charge in [-0.15, -0.1) is 0 Å². The highest BCUT2D eigenvalue weighted by Gasteiger charge is 2.19. The number of halogens is 1. The van der Waals surface area contributed by atoms with Crippen molar-refractivity contribution in [1.82, 2.24) is 4.90 Å². The van der Waals surface area contributed by atoms with E-state index in [1.807, 2.05) is 55.5 Å². The van der Waals surface area contributed by atoms with E-state index in [1.165, 1.54) is 5.69 Å². The van der Waals surface area contributed by atoms with Crippen LogP contribution in [0.25, 0.3) is 0 Å². The molecule has 6 heteroatoms. The predicted octanol–water partition coefficient (Wildman–Crippen LogP) is 3.50. The molecule has 0 bridgehead atoms. The minimum Gasteiger partial charge on any atom is -0.492 e. The van der Waals surface area contributed by atoms with Gasteiger partial charge in [-0.25, -0.2) is 0 Å². The summed E-state index contributed by atoms with van der Waals surface area (Å²) in [6.45, 7) is 6.37. The Morgan fingerprint density at radius 1 is 1.08 bits per heavy atom. The van der Waals surface area contributed by atoms with Gasteiger partial charge in [-0.1, -0.05) is 23.7 Å². The van der Waals surface area contributed by atoms with Crippen LogP contribution in [0, 0.1) is 0 Å². The van der Waals surface area contributed by atoms with E-state index in [-0.39, 0.29) is 5.91 Å². The lowest BCUT2D eigenvalue weighted by molar-refractivity contribution is -0.117. The number of rotatable bonds is 6. The van der Waals surface area contributed by atoms with Crippen LogP contribution in [0.2, 0.25) is 5.02 Å². The molecule has 2 aromatic rings. The Labute approximate surface area is 159 Å². The van der Waals surface area contributed by atoms with Crippen LogP contribution in [0.15, 0.2) is 48.5 Å². The Hall–Kier alpha value is -2.24. The molecule has 0 unspecified atom stereocenters. The second kappa shape index (κ2) is 8.92. The molecule has 138 valence electrons. The average molecular weight is 374 g/mol. The Balaban J connectivity index is 1.50. The fraction of sp³-hybridized carbons (Fsp3) is 0.350. The first-order chi connectivity index (χ1) is 12.7. The fourth-order valence-corrected chi connectivity index (χ4v) is 3.19. The normalized spacial score (nSPS) is 14.9. The summed E-state index contributed by atoms with van der Waals surface area (Å²) in [4.78, 5) is 16.9. The monoisotopic (exact) mass is 373 g/mol. The van der Waals surface area contributed by atoms with E-state index in [9.17, 15) is 4.79 Å². The highest BCUT2D eigenvalue weighted by Crippen LogP contribution is 2.24. The van der Waals surface area contributed by atoms with Gasteiger partial charge < -0.3 is 15.0 Å². The highest BCUT2D eigenvalue weighted by molar-refractivity contribution is 6.30. The van der Waals surface area contributed by atoms with Crippen molar-refractivity contribution in [2.75, 3.05) is 49.5 Å². The maximum absolute atomic E-state index is 12.4. The molecule has 3 rings (SSSR count). The number of hydrogen-bond acceptors (Lipinski definition) is 4. The number of ether oxygens (including phenoxy) is 1. The second-order valence-corrected chi connectivity index (χ2v) is 6.65. The van der Waals surface area contributed by atoms with Crippen LogP contribution in [0.5, 0.6) is 5.75 Å². The lowest BCUT2D eigenvalue weighted by atomic mass is 10.2. The molecular formula is C20H24ClN3O2. The molecule has 1 amide bonds. The first-order valence-corrected chi connectivity index (χ1v) is 9.28. The third-order valence-corrected chi connectivity index (χ3v) is 4.64. The Morgan fingerprint density at radius 3 is 2.46 bits per heavy atom. The zero-order chi connectivity index (χ0) is 18.4. The van der Waals surface area contributed by atoms with Gasteiger partial charge in [0.1, 0.15) is 5.75 Å². The average Bonchev–Trinajstić information content (AvgIpc) is 2.65. The molecule has 2 aromatic carbocycles. The van der Waals surface area contributed by atoms with Crippen LogP contribution in [0.4, 0.5) is 11.4 Å². The molecule has 1 heterocycles. The molecule has 0 spiro atoms. The molecular weight excluding hydrogens is 350 g/mol. The summed E-state index contributed by atoms with van der Waals surface area (Å²) in [5.41, 5.74) is 1.89. The first kappa shape index (κ1) is 18.5. The number of piperazine rings is 1. The highest BCUT2D eigenvalue weighted by atomic mass is 35.5. The molecule has 26 heavy (non-hydrogen) atoms.